The molecule has 0 unspecified atom stereocenters. The third-order valence-corrected chi connectivity index (χ3v) is 4.71. The van der Waals surface area contributed by atoms with Gasteiger partial charge in [0.2, 0.25) is 0 Å². The Morgan fingerprint density at radius 2 is 1.61 bits per heavy atom. The van der Waals surface area contributed by atoms with E-state index in [2.05, 4.69) is 0 Å². The highest BCUT2D eigenvalue weighted by Gasteiger charge is 2.64. The summed E-state index contributed by atoms with van der Waals surface area (Å²) >= 11 is 0. The highest BCUT2D eigenvalue weighted by atomic mass is 19.1. The summed E-state index contributed by atoms with van der Waals surface area (Å²) in [6.07, 6.45) is 3.31. The van der Waals surface area contributed by atoms with Gasteiger partial charge in [0.25, 0.3) is 0 Å². The standard InChI is InChI=1S/C19H16F2O2/c1-18(9-8-17(22)23)12-19(18,13-4-2-6-15(20)10-13)14-5-3-7-16(21)11-14/h2-11H,12H2,1H3,(H,22,23)/b9-8+/t18-/m1/s1. The maximum absolute atomic E-state index is 13.7. The van der Waals surface area contributed by atoms with Crippen LogP contribution in [-0.4, -0.2) is 11.1 Å². The van der Waals surface area contributed by atoms with Gasteiger partial charge in [-0.2, -0.15) is 0 Å². The zero-order valence-corrected chi connectivity index (χ0v) is 12.6. The van der Waals surface area contributed by atoms with E-state index in [0.29, 0.717) is 6.42 Å². The summed E-state index contributed by atoms with van der Waals surface area (Å²) in [6, 6.07) is 12.4. The third kappa shape index (κ3) is 2.54. The fraction of sp³-hybridized carbons (Fsp3) is 0.211. The molecular formula is C19H16F2O2. The Bertz CT molecular complexity index is 752. The molecule has 1 saturated carbocycles. The van der Waals surface area contributed by atoms with Gasteiger partial charge in [-0.05, 0) is 41.8 Å². The average Bonchev–Trinajstić information content (AvgIpc) is 3.13. The lowest BCUT2D eigenvalue weighted by Gasteiger charge is -2.22. The van der Waals surface area contributed by atoms with E-state index < -0.39 is 16.8 Å². The first-order valence-corrected chi connectivity index (χ1v) is 7.32. The lowest BCUT2D eigenvalue weighted by molar-refractivity contribution is -0.131. The number of aliphatic carboxylic acids is 1. The normalized spacial score (nSPS) is 22.2. The molecule has 0 aromatic heterocycles. The quantitative estimate of drug-likeness (QED) is 0.854. The first kappa shape index (κ1) is 15.4. The topological polar surface area (TPSA) is 37.3 Å². The molecule has 2 aromatic carbocycles. The second-order valence-corrected chi connectivity index (χ2v) is 6.19. The van der Waals surface area contributed by atoms with Gasteiger partial charge in [-0.15, -0.1) is 0 Å². The van der Waals surface area contributed by atoms with Crippen molar-refractivity contribution in [3.8, 4) is 0 Å². The van der Waals surface area contributed by atoms with Gasteiger partial charge < -0.3 is 5.11 Å². The van der Waals surface area contributed by atoms with Crippen molar-refractivity contribution in [2.24, 2.45) is 5.41 Å². The molecule has 3 rings (SSSR count). The second-order valence-electron chi connectivity index (χ2n) is 6.19. The molecule has 0 amide bonds. The van der Waals surface area contributed by atoms with E-state index in [0.717, 1.165) is 17.2 Å². The van der Waals surface area contributed by atoms with E-state index in [1.165, 1.54) is 24.3 Å². The summed E-state index contributed by atoms with van der Waals surface area (Å²) in [5, 5.41) is 8.90. The van der Waals surface area contributed by atoms with Gasteiger partial charge in [-0.3, -0.25) is 0 Å². The molecule has 2 nitrogen and oxygen atoms in total. The summed E-state index contributed by atoms with van der Waals surface area (Å²) in [6.45, 7) is 1.91. The van der Waals surface area contributed by atoms with Crippen LogP contribution in [0, 0.1) is 17.0 Å². The van der Waals surface area contributed by atoms with E-state index >= 15 is 0 Å². The molecule has 1 atom stereocenters. The fourth-order valence-electron chi connectivity index (χ4n) is 3.50. The fourth-order valence-corrected chi connectivity index (χ4v) is 3.50. The Morgan fingerprint density at radius 3 is 2.04 bits per heavy atom. The van der Waals surface area contributed by atoms with Crippen LogP contribution in [0.1, 0.15) is 24.5 Å². The molecule has 1 N–H and O–H groups in total. The van der Waals surface area contributed by atoms with Crippen molar-refractivity contribution in [3.63, 3.8) is 0 Å². The molecule has 0 aliphatic heterocycles. The van der Waals surface area contributed by atoms with Gasteiger partial charge in [0, 0.05) is 16.9 Å². The number of benzene rings is 2. The summed E-state index contributed by atoms with van der Waals surface area (Å²) < 4.78 is 27.4. The van der Waals surface area contributed by atoms with Crippen molar-refractivity contribution in [3.05, 3.63) is 83.4 Å². The van der Waals surface area contributed by atoms with Crippen LogP contribution in [0.5, 0.6) is 0 Å². The molecule has 0 radical (unpaired) electrons. The Kier molecular flexibility index (Phi) is 3.55. The smallest absolute Gasteiger partial charge is 0.327 e. The van der Waals surface area contributed by atoms with Crippen molar-refractivity contribution in [1.82, 2.24) is 0 Å². The molecule has 4 heteroatoms. The summed E-state index contributed by atoms with van der Waals surface area (Å²) in [5.41, 5.74) is 0.317. The zero-order valence-electron chi connectivity index (χ0n) is 12.6. The van der Waals surface area contributed by atoms with E-state index in [9.17, 15) is 13.6 Å². The average molecular weight is 314 g/mol. The summed E-state index contributed by atoms with van der Waals surface area (Å²) in [4.78, 5) is 10.9. The van der Waals surface area contributed by atoms with E-state index in [-0.39, 0.29) is 11.6 Å². The SMILES string of the molecule is C[C@@]1(/C=C/C(=O)O)CC1(c1cccc(F)c1)c1cccc(F)c1. The maximum atomic E-state index is 13.7. The van der Waals surface area contributed by atoms with Crippen LogP contribution in [0.15, 0.2) is 60.7 Å². The number of carbonyl (C=O) groups is 1. The molecule has 1 fully saturated rings. The molecule has 2 aromatic rings. The van der Waals surface area contributed by atoms with Gasteiger partial charge in [0.15, 0.2) is 0 Å². The number of halogens is 2. The molecule has 118 valence electrons. The van der Waals surface area contributed by atoms with Crippen LogP contribution in [0.2, 0.25) is 0 Å². The van der Waals surface area contributed by atoms with Crippen LogP contribution in [-0.2, 0) is 10.2 Å². The van der Waals surface area contributed by atoms with Gasteiger partial charge in [0.1, 0.15) is 11.6 Å². The minimum absolute atomic E-state index is 0.366. The molecule has 1 aliphatic carbocycles. The van der Waals surface area contributed by atoms with Crippen molar-refractivity contribution in [1.29, 1.82) is 0 Å². The molecule has 0 spiro atoms. The number of hydrogen-bond acceptors (Lipinski definition) is 1. The van der Waals surface area contributed by atoms with Crippen molar-refractivity contribution in [2.75, 3.05) is 0 Å². The number of rotatable bonds is 4. The van der Waals surface area contributed by atoms with Gasteiger partial charge in [-0.25, -0.2) is 13.6 Å². The molecule has 0 saturated heterocycles. The monoisotopic (exact) mass is 314 g/mol. The van der Waals surface area contributed by atoms with Gasteiger partial charge in [0.05, 0.1) is 0 Å². The van der Waals surface area contributed by atoms with Gasteiger partial charge >= 0.3 is 5.97 Å². The molecule has 23 heavy (non-hydrogen) atoms. The lowest BCUT2D eigenvalue weighted by atomic mass is 9.80. The van der Waals surface area contributed by atoms with E-state index in [4.69, 9.17) is 5.11 Å². The summed E-state index contributed by atoms with van der Waals surface area (Å²) in [7, 11) is 0. The lowest BCUT2D eigenvalue weighted by Crippen LogP contribution is -2.17. The van der Waals surface area contributed by atoms with Crippen molar-refractivity contribution >= 4 is 5.97 Å². The predicted octanol–water partition coefficient (Wildman–Crippen LogP) is 4.30. The maximum Gasteiger partial charge on any atom is 0.327 e. The predicted molar refractivity (Wildman–Crippen MR) is 83.1 cm³/mol. The molecule has 0 heterocycles. The highest BCUT2D eigenvalue weighted by Crippen LogP contribution is 2.68. The number of carboxylic acid groups (broad SMARTS) is 1. The number of carboxylic acids is 1. The zero-order chi connectivity index (χ0) is 16.7. The van der Waals surface area contributed by atoms with Crippen LogP contribution in [0.25, 0.3) is 0 Å². The van der Waals surface area contributed by atoms with E-state index in [1.54, 1.807) is 30.3 Å². The van der Waals surface area contributed by atoms with Crippen molar-refractivity contribution < 1.29 is 18.7 Å². The number of allylic oxidation sites excluding steroid dienone is 1. The van der Waals surface area contributed by atoms with Crippen LogP contribution < -0.4 is 0 Å². The van der Waals surface area contributed by atoms with Crippen LogP contribution >= 0.6 is 0 Å². The Hall–Kier alpha value is -2.49. The molecular weight excluding hydrogens is 298 g/mol. The Labute approximate surface area is 133 Å². The summed E-state index contributed by atoms with van der Waals surface area (Å²) in [5.74, 6) is -1.77. The van der Waals surface area contributed by atoms with Crippen LogP contribution in [0.3, 0.4) is 0 Å². The highest BCUT2D eigenvalue weighted by molar-refractivity contribution is 5.80. The van der Waals surface area contributed by atoms with Crippen molar-refractivity contribution in [2.45, 2.75) is 18.8 Å². The van der Waals surface area contributed by atoms with Gasteiger partial charge in [-0.1, -0.05) is 37.3 Å². The number of hydrogen-bond donors (Lipinski definition) is 1. The first-order valence-electron chi connectivity index (χ1n) is 7.32. The molecule has 0 bridgehead atoms. The molecule has 1 aliphatic rings. The second kappa shape index (κ2) is 5.30. The van der Waals surface area contributed by atoms with Crippen LogP contribution in [0.4, 0.5) is 8.78 Å². The third-order valence-electron chi connectivity index (χ3n) is 4.71. The Morgan fingerprint density at radius 1 is 1.09 bits per heavy atom. The minimum atomic E-state index is -1.04. The minimum Gasteiger partial charge on any atom is -0.478 e. The van der Waals surface area contributed by atoms with E-state index in [1.807, 2.05) is 6.92 Å². The first-order chi connectivity index (χ1) is 10.9. The largest absolute Gasteiger partial charge is 0.478 e. The Balaban J connectivity index is 2.15.